The molecule has 0 aromatic carbocycles. The fraction of sp³-hybridized carbons (Fsp3) is 1.00. The van der Waals surface area contributed by atoms with E-state index in [0.29, 0.717) is 0 Å². The standard InChI is InChI=1S/CH2F2.CH3FO.4CH4/c2*2-1-3;;;;/h1H2;3H,1H2;4*1H4. The van der Waals surface area contributed by atoms with Gasteiger partial charge in [0.25, 0.3) is 0 Å². The van der Waals surface area contributed by atoms with Crippen LogP contribution < -0.4 is 0 Å². The number of rotatable bonds is 0. The lowest BCUT2D eigenvalue weighted by Crippen LogP contribution is -1.53. The molecule has 72 valence electrons. The minimum Gasteiger partial charge on any atom is -0.366 e. The van der Waals surface area contributed by atoms with Crippen molar-refractivity contribution in [1.82, 2.24) is 0 Å². The summed E-state index contributed by atoms with van der Waals surface area (Å²) in [7, 11) is 0. The zero-order valence-electron chi connectivity index (χ0n) is 3.00. The van der Waals surface area contributed by atoms with Crippen molar-refractivity contribution in [3.8, 4) is 0 Å². The minimum absolute atomic E-state index is 0. The normalized spacial score (nSPS) is 3.60. The van der Waals surface area contributed by atoms with Crippen LogP contribution in [0.2, 0.25) is 0 Å². The Morgan fingerprint density at radius 2 is 0.800 bits per heavy atom. The molecule has 0 atom stereocenters. The lowest BCUT2D eigenvalue weighted by atomic mass is 11.6. The van der Waals surface area contributed by atoms with Gasteiger partial charge in [-0.3, -0.25) is 0 Å². The molecule has 0 aliphatic heterocycles. The number of halogens is 3. The first-order chi connectivity index (χ1) is 2.83. The third-order valence-electron chi connectivity index (χ3n) is 0. The Balaban J connectivity index is -0.00000000571. The van der Waals surface area contributed by atoms with Crippen LogP contribution in [0, 0.1) is 0 Å². The van der Waals surface area contributed by atoms with E-state index in [-0.39, 0.29) is 29.7 Å². The lowest BCUT2D eigenvalue weighted by Gasteiger charge is -1.49. The van der Waals surface area contributed by atoms with Crippen LogP contribution in [0.25, 0.3) is 0 Å². The van der Waals surface area contributed by atoms with Crippen LogP contribution >= 0.6 is 0 Å². The maximum atomic E-state index is 9.85. The molecule has 10 heavy (non-hydrogen) atoms. The van der Waals surface area contributed by atoms with Crippen molar-refractivity contribution in [2.75, 3.05) is 13.8 Å². The van der Waals surface area contributed by atoms with Crippen LogP contribution in [-0.4, -0.2) is 18.9 Å². The van der Waals surface area contributed by atoms with Gasteiger partial charge in [-0.1, -0.05) is 29.7 Å². The monoisotopic (exact) mass is 166 g/mol. The zero-order chi connectivity index (χ0) is 5.41. The Hall–Kier alpha value is -0.250. The fourth-order valence-corrected chi connectivity index (χ4v) is 0. The lowest BCUT2D eigenvalue weighted by molar-refractivity contribution is 0.168. The van der Waals surface area contributed by atoms with E-state index in [1.165, 1.54) is 0 Å². The molecule has 1 N–H and O–H groups in total. The van der Waals surface area contributed by atoms with E-state index < -0.39 is 13.8 Å². The number of aliphatic hydroxyl groups is 1. The van der Waals surface area contributed by atoms with Gasteiger partial charge in [-0.2, -0.15) is 0 Å². The molecule has 0 aliphatic rings. The Bertz CT molecular complexity index is 15.0. The van der Waals surface area contributed by atoms with Gasteiger partial charge in [0.15, 0.2) is 6.86 Å². The summed E-state index contributed by atoms with van der Waals surface area (Å²) < 4.78 is 29.1. The van der Waals surface area contributed by atoms with Gasteiger partial charge in [0.2, 0.25) is 6.93 Å². The maximum Gasteiger partial charge on any atom is 0.229 e. The van der Waals surface area contributed by atoms with Crippen LogP contribution in [0.3, 0.4) is 0 Å². The minimum atomic E-state index is -1.75. The Labute approximate surface area is 62.9 Å². The topological polar surface area (TPSA) is 20.2 Å². The summed E-state index contributed by atoms with van der Waals surface area (Å²) in [5.74, 6) is 0. The predicted molar refractivity (Wildman–Crippen MR) is 42.2 cm³/mol. The quantitative estimate of drug-likeness (QED) is 0.585. The molecule has 0 saturated heterocycles. The third-order valence-corrected chi connectivity index (χ3v) is 0. The summed E-state index contributed by atoms with van der Waals surface area (Å²) in [6.45, 7) is -3.00. The molecular formula is C6H21F3O. The van der Waals surface area contributed by atoms with Gasteiger partial charge in [0.05, 0.1) is 0 Å². The molecule has 1 nitrogen and oxygen atoms in total. The van der Waals surface area contributed by atoms with Gasteiger partial charge in [-0.05, 0) is 0 Å². The van der Waals surface area contributed by atoms with E-state index in [1.54, 1.807) is 0 Å². The summed E-state index contributed by atoms with van der Waals surface area (Å²) in [5.41, 5.74) is 0. The molecule has 0 aromatic rings. The second-order valence-corrected chi connectivity index (χ2v) is 0.221. The van der Waals surface area contributed by atoms with Gasteiger partial charge < -0.3 is 5.11 Å². The molecule has 0 amide bonds. The van der Waals surface area contributed by atoms with E-state index in [9.17, 15) is 13.2 Å². The number of alkyl halides is 3. The molecule has 0 aromatic heterocycles. The SMILES string of the molecule is C.C.C.C.FCF.OCF. The summed E-state index contributed by atoms with van der Waals surface area (Å²) in [6.07, 6.45) is 0. The summed E-state index contributed by atoms with van der Waals surface area (Å²) in [5, 5.41) is 6.90. The Morgan fingerprint density at radius 1 is 0.800 bits per heavy atom. The fourth-order valence-electron chi connectivity index (χ4n) is 0. The zero-order valence-corrected chi connectivity index (χ0v) is 3.00. The molecule has 0 heterocycles. The van der Waals surface area contributed by atoms with Crippen molar-refractivity contribution in [2.45, 2.75) is 29.7 Å². The van der Waals surface area contributed by atoms with Crippen LogP contribution in [0.15, 0.2) is 0 Å². The summed E-state index contributed by atoms with van der Waals surface area (Å²) in [6, 6.07) is 0. The van der Waals surface area contributed by atoms with Crippen LogP contribution in [0.1, 0.15) is 29.7 Å². The van der Waals surface area contributed by atoms with Crippen molar-refractivity contribution >= 4 is 0 Å². The first kappa shape index (κ1) is 53.1. The van der Waals surface area contributed by atoms with Gasteiger partial charge >= 0.3 is 0 Å². The van der Waals surface area contributed by atoms with Crippen molar-refractivity contribution < 1.29 is 18.3 Å². The highest BCUT2D eigenvalue weighted by Crippen LogP contribution is 1.56. The second-order valence-electron chi connectivity index (χ2n) is 0.221. The third kappa shape index (κ3) is 5650. The van der Waals surface area contributed by atoms with E-state index in [1.807, 2.05) is 0 Å². The average Bonchev–Trinajstić information content (AvgIpc) is 1.39. The van der Waals surface area contributed by atoms with Gasteiger partial charge in [-0.15, -0.1) is 0 Å². The Kier molecular flexibility index (Phi) is 911. The summed E-state index contributed by atoms with van der Waals surface area (Å²) >= 11 is 0. The van der Waals surface area contributed by atoms with Crippen molar-refractivity contribution in [2.24, 2.45) is 0 Å². The van der Waals surface area contributed by atoms with Crippen LogP contribution in [0.4, 0.5) is 13.2 Å². The smallest absolute Gasteiger partial charge is 0.229 e. The highest BCUT2D eigenvalue weighted by atomic mass is 19.3. The van der Waals surface area contributed by atoms with Gasteiger partial charge in [-0.25, -0.2) is 13.2 Å². The van der Waals surface area contributed by atoms with E-state index in [0.717, 1.165) is 0 Å². The molecule has 0 radical (unpaired) electrons. The molecule has 0 aliphatic carbocycles. The molecule has 0 saturated carbocycles. The van der Waals surface area contributed by atoms with E-state index in [2.05, 4.69) is 0 Å². The van der Waals surface area contributed by atoms with Crippen molar-refractivity contribution in [3.05, 3.63) is 0 Å². The summed E-state index contributed by atoms with van der Waals surface area (Å²) in [4.78, 5) is 0. The molecule has 0 rings (SSSR count). The van der Waals surface area contributed by atoms with E-state index in [4.69, 9.17) is 5.11 Å². The average molecular weight is 166 g/mol. The van der Waals surface area contributed by atoms with E-state index >= 15 is 0 Å². The van der Waals surface area contributed by atoms with Gasteiger partial charge in [0.1, 0.15) is 0 Å². The first-order valence-corrected chi connectivity index (χ1v) is 1.12. The second kappa shape index (κ2) is 172. The van der Waals surface area contributed by atoms with Crippen molar-refractivity contribution in [1.29, 1.82) is 0 Å². The first-order valence-electron chi connectivity index (χ1n) is 1.12. The number of aliphatic hydroxyl groups excluding tert-OH is 1. The molecular weight excluding hydrogens is 145 g/mol. The van der Waals surface area contributed by atoms with Crippen LogP contribution in [0.5, 0.6) is 0 Å². The highest BCUT2D eigenvalue weighted by molar-refractivity contribution is 3.57. The highest BCUT2D eigenvalue weighted by Gasteiger charge is 1.44. The van der Waals surface area contributed by atoms with Crippen LogP contribution in [-0.2, 0) is 0 Å². The maximum absolute atomic E-state index is 9.85. The molecule has 0 unspecified atom stereocenters. The molecule has 4 heteroatoms. The number of hydrogen-bond acceptors (Lipinski definition) is 1. The number of hydrogen-bond donors (Lipinski definition) is 1. The molecule has 0 spiro atoms. The van der Waals surface area contributed by atoms with Crippen molar-refractivity contribution in [3.63, 3.8) is 0 Å². The largest absolute Gasteiger partial charge is 0.366 e. The van der Waals surface area contributed by atoms with Gasteiger partial charge in [0, 0.05) is 0 Å². The molecule has 0 fully saturated rings. The Morgan fingerprint density at radius 3 is 0.800 bits per heavy atom. The molecule has 0 bridgehead atoms. The predicted octanol–water partition coefficient (Wildman–Crippen LogP) is 3.33.